The van der Waals surface area contributed by atoms with Crippen molar-refractivity contribution in [3.63, 3.8) is 0 Å². The molecule has 0 heterocycles. The molecule has 1 aromatic carbocycles. The Morgan fingerprint density at radius 2 is 2.06 bits per heavy atom. The lowest BCUT2D eigenvalue weighted by Crippen LogP contribution is -2.38. The number of hydrogen-bond acceptors (Lipinski definition) is 3. The largest absolute Gasteiger partial charge is 0.379 e. The third-order valence-corrected chi connectivity index (χ3v) is 3.91. The maximum absolute atomic E-state index is 6.02. The molecule has 0 radical (unpaired) electrons. The molecule has 0 aliphatic heterocycles. The molecule has 17 heavy (non-hydrogen) atoms. The first-order chi connectivity index (χ1) is 8.17. The Hall–Kier alpha value is -0.320. The molecule has 1 aliphatic rings. The van der Waals surface area contributed by atoms with Gasteiger partial charge >= 0.3 is 0 Å². The second kappa shape index (κ2) is 5.55. The van der Waals surface area contributed by atoms with E-state index in [4.69, 9.17) is 33.8 Å². The minimum atomic E-state index is -0.0535. The number of halogens is 2. The van der Waals surface area contributed by atoms with Gasteiger partial charge in [-0.05, 0) is 36.5 Å². The number of nitrogens with two attached hydrogens (primary N) is 1. The summed E-state index contributed by atoms with van der Waals surface area (Å²) in [5.74, 6) is 6.21. The summed E-state index contributed by atoms with van der Waals surface area (Å²) in [7, 11) is 1.71. The third kappa shape index (κ3) is 2.92. The van der Waals surface area contributed by atoms with Crippen molar-refractivity contribution in [3.8, 4) is 0 Å². The molecule has 2 rings (SSSR count). The molecule has 0 spiro atoms. The van der Waals surface area contributed by atoms with Gasteiger partial charge in [-0.15, -0.1) is 0 Å². The number of hydrazine groups is 1. The lowest BCUT2D eigenvalue weighted by molar-refractivity contribution is 0.0507. The lowest BCUT2D eigenvalue weighted by Gasteiger charge is -2.26. The average molecular weight is 275 g/mol. The van der Waals surface area contributed by atoms with Crippen LogP contribution in [0.1, 0.15) is 24.4 Å². The van der Waals surface area contributed by atoms with Gasteiger partial charge in [-0.25, -0.2) is 0 Å². The third-order valence-electron chi connectivity index (χ3n) is 3.17. The van der Waals surface area contributed by atoms with Crippen molar-refractivity contribution in [2.24, 2.45) is 11.8 Å². The number of nitrogens with one attached hydrogen (secondary N) is 1. The van der Waals surface area contributed by atoms with Gasteiger partial charge in [0.25, 0.3) is 0 Å². The summed E-state index contributed by atoms with van der Waals surface area (Å²) in [5.41, 5.74) is 3.81. The first-order valence-electron chi connectivity index (χ1n) is 5.61. The Labute approximate surface area is 111 Å². The number of hydrogen-bond donors (Lipinski definition) is 2. The van der Waals surface area contributed by atoms with Crippen LogP contribution in [0.4, 0.5) is 0 Å². The fourth-order valence-electron chi connectivity index (χ4n) is 2.11. The lowest BCUT2D eigenvalue weighted by atomic mass is 9.98. The zero-order valence-electron chi connectivity index (χ0n) is 9.62. The van der Waals surface area contributed by atoms with E-state index in [1.165, 1.54) is 12.8 Å². The Morgan fingerprint density at radius 1 is 1.35 bits per heavy atom. The van der Waals surface area contributed by atoms with E-state index in [-0.39, 0.29) is 12.1 Å². The van der Waals surface area contributed by atoms with Gasteiger partial charge in [-0.2, -0.15) is 0 Å². The smallest absolute Gasteiger partial charge is 0.0806 e. The number of benzene rings is 1. The Morgan fingerprint density at radius 3 is 2.53 bits per heavy atom. The summed E-state index contributed by atoms with van der Waals surface area (Å²) in [5, 5.41) is 1.08. The maximum atomic E-state index is 6.02. The van der Waals surface area contributed by atoms with Crippen molar-refractivity contribution < 1.29 is 4.74 Å². The minimum absolute atomic E-state index is 0.0535. The van der Waals surface area contributed by atoms with E-state index >= 15 is 0 Å². The fourth-order valence-corrected chi connectivity index (χ4v) is 2.42. The molecule has 94 valence electrons. The standard InChI is InChI=1S/C12H16Cl2N2O/c1-17-12(7-2-3-7)11(16-15)8-4-5-9(13)10(14)6-8/h4-7,11-12,16H,2-3,15H2,1H3. The van der Waals surface area contributed by atoms with E-state index in [1.807, 2.05) is 12.1 Å². The Kier molecular flexibility index (Phi) is 4.28. The summed E-state index contributed by atoms with van der Waals surface area (Å²) in [4.78, 5) is 0. The van der Waals surface area contributed by atoms with Crippen molar-refractivity contribution in [2.75, 3.05) is 7.11 Å². The van der Waals surface area contributed by atoms with Crippen LogP contribution in [-0.4, -0.2) is 13.2 Å². The molecule has 0 aromatic heterocycles. The first-order valence-corrected chi connectivity index (χ1v) is 6.37. The summed E-state index contributed by atoms with van der Waals surface area (Å²) in [6, 6.07) is 5.49. The van der Waals surface area contributed by atoms with Crippen LogP contribution in [0.15, 0.2) is 18.2 Å². The highest BCUT2D eigenvalue weighted by Crippen LogP contribution is 2.40. The molecule has 2 atom stereocenters. The zero-order valence-corrected chi connectivity index (χ0v) is 11.1. The molecule has 2 unspecified atom stereocenters. The summed E-state index contributed by atoms with van der Waals surface area (Å²) in [6.45, 7) is 0. The van der Waals surface area contributed by atoms with Gasteiger partial charge < -0.3 is 4.74 Å². The van der Waals surface area contributed by atoms with Crippen LogP contribution in [0.5, 0.6) is 0 Å². The zero-order chi connectivity index (χ0) is 12.4. The summed E-state index contributed by atoms with van der Waals surface area (Å²) in [6.07, 6.45) is 2.47. The van der Waals surface area contributed by atoms with Crippen molar-refractivity contribution in [2.45, 2.75) is 25.0 Å². The van der Waals surface area contributed by atoms with Crippen LogP contribution in [0.25, 0.3) is 0 Å². The van der Waals surface area contributed by atoms with E-state index in [0.29, 0.717) is 16.0 Å². The molecule has 1 aliphatic carbocycles. The highest BCUT2D eigenvalue weighted by molar-refractivity contribution is 6.42. The Bertz CT molecular complexity index is 396. The van der Waals surface area contributed by atoms with Gasteiger partial charge in [0.05, 0.1) is 22.2 Å². The van der Waals surface area contributed by atoms with Gasteiger partial charge in [0.2, 0.25) is 0 Å². The van der Waals surface area contributed by atoms with E-state index < -0.39 is 0 Å². The summed E-state index contributed by atoms with van der Waals surface area (Å²) >= 11 is 11.9. The van der Waals surface area contributed by atoms with Crippen LogP contribution in [0.3, 0.4) is 0 Å². The highest BCUT2D eigenvalue weighted by atomic mass is 35.5. The van der Waals surface area contributed by atoms with Gasteiger partial charge in [0.15, 0.2) is 0 Å². The van der Waals surface area contributed by atoms with Crippen LogP contribution in [0, 0.1) is 5.92 Å². The highest BCUT2D eigenvalue weighted by Gasteiger charge is 2.37. The van der Waals surface area contributed by atoms with Gasteiger partial charge in [0.1, 0.15) is 0 Å². The van der Waals surface area contributed by atoms with E-state index in [9.17, 15) is 0 Å². The second-order valence-electron chi connectivity index (χ2n) is 4.36. The predicted molar refractivity (Wildman–Crippen MR) is 70.0 cm³/mol. The number of ether oxygens (including phenoxy) is 1. The molecule has 0 saturated heterocycles. The molecule has 1 saturated carbocycles. The fraction of sp³-hybridized carbons (Fsp3) is 0.500. The molecular weight excluding hydrogens is 259 g/mol. The number of methoxy groups -OCH3 is 1. The molecular formula is C12H16Cl2N2O. The molecule has 1 fully saturated rings. The monoisotopic (exact) mass is 274 g/mol. The normalized spacial score (nSPS) is 19.1. The quantitative estimate of drug-likeness (QED) is 0.641. The molecule has 5 heteroatoms. The van der Waals surface area contributed by atoms with Crippen molar-refractivity contribution in [1.82, 2.24) is 5.43 Å². The molecule has 1 aromatic rings. The minimum Gasteiger partial charge on any atom is -0.379 e. The maximum Gasteiger partial charge on any atom is 0.0806 e. The Balaban J connectivity index is 2.23. The van der Waals surface area contributed by atoms with Crippen LogP contribution >= 0.6 is 23.2 Å². The van der Waals surface area contributed by atoms with Crippen LogP contribution in [0.2, 0.25) is 10.0 Å². The SMILES string of the molecule is COC(C1CC1)C(NN)c1ccc(Cl)c(Cl)c1. The van der Waals surface area contributed by atoms with Gasteiger partial charge in [0, 0.05) is 7.11 Å². The topological polar surface area (TPSA) is 47.3 Å². The van der Waals surface area contributed by atoms with Crippen LogP contribution in [-0.2, 0) is 4.74 Å². The average Bonchev–Trinajstić information content (AvgIpc) is 3.14. The summed E-state index contributed by atoms with van der Waals surface area (Å²) < 4.78 is 5.53. The molecule has 3 nitrogen and oxygen atoms in total. The predicted octanol–water partition coefficient (Wildman–Crippen LogP) is 2.92. The number of rotatable bonds is 5. The molecule has 0 amide bonds. The van der Waals surface area contributed by atoms with Crippen molar-refractivity contribution >= 4 is 23.2 Å². The van der Waals surface area contributed by atoms with Gasteiger partial charge in [-0.3, -0.25) is 11.3 Å². The van der Waals surface area contributed by atoms with E-state index in [0.717, 1.165) is 5.56 Å². The second-order valence-corrected chi connectivity index (χ2v) is 5.17. The molecule has 3 N–H and O–H groups in total. The van der Waals surface area contributed by atoms with E-state index in [1.54, 1.807) is 13.2 Å². The van der Waals surface area contributed by atoms with Crippen LogP contribution < -0.4 is 11.3 Å². The van der Waals surface area contributed by atoms with Crippen molar-refractivity contribution in [3.05, 3.63) is 33.8 Å². The van der Waals surface area contributed by atoms with E-state index in [2.05, 4.69) is 5.43 Å². The first kappa shape index (κ1) is 13.1. The van der Waals surface area contributed by atoms with Gasteiger partial charge in [-0.1, -0.05) is 29.3 Å². The van der Waals surface area contributed by atoms with Crippen molar-refractivity contribution in [1.29, 1.82) is 0 Å². The molecule has 0 bridgehead atoms.